The fourth-order valence-electron chi connectivity index (χ4n) is 3.33. The molecular weight excluding hydrogens is 328 g/mol. The molecule has 3 rings (SSSR count). The molecule has 0 aliphatic carbocycles. The molecule has 0 N–H and O–H groups in total. The molecule has 140 valence electrons. The molecule has 0 aliphatic heterocycles. The summed E-state index contributed by atoms with van der Waals surface area (Å²) in [4.78, 5) is 0. The highest BCUT2D eigenvalue weighted by molar-refractivity contribution is 5.73. The van der Waals surface area contributed by atoms with Crippen molar-refractivity contribution in [2.24, 2.45) is 14.1 Å². The van der Waals surface area contributed by atoms with Gasteiger partial charge in [-0.1, -0.05) is 33.6 Å². The molecule has 0 saturated carbocycles. The first-order valence-corrected chi connectivity index (χ1v) is 9.00. The number of pyridine rings is 2. The van der Waals surface area contributed by atoms with Gasteiger partial charge in [0.15, 0.2) is 12.4 Å². The summed E-state index contributed by atoms with van der Waals surface area (Å²) in [6.45, 7) is -0.216. The van der Waals surface area contributed by atoms with Crippen molar-refractivity contribution < 1.29 is 20.1 Å². The molecular formula is C25H32N2+2. The van der Waals surface area contributed by atoms with Crippen LogP contribution in [0.1, 0.15) is 67.0 Å². The van der Waals surface area contributed by atoms with Crippen LogP contribution in [0.3, 0.4) is 0 Å². The molecule has 0 aliphatic rings. The van der Waals surface area contributed by atoms with E-state index >= 15 is 0 Å². The summed E-state index contributed by atoms with van der Waals surface area (Å²) in [6.07, 6.45) is 3.52. The SMILES string of the molecule is [2H]C([2H])([2H])C([2H])(C)c1cc[n+](C)c(-c2cccc(-c3cc(C([2H])(C)C([2H])([2H])[2H])cc[n+]3C)c2C)c1. The Hall–Kier alpha value is -2.48. The molecule has 27 heavy (non-hydrogen) atoms. The molecule has 2 unspecified atom stereocenters. The van der Waals surface area contributed by atoms with Crippen LogP contribution in [0.4, 0.5) is 0 Å². The van der Waals surface area contributed by atoms with E-state index in [2.05, 4.69) is 0 Å². The molecule has 0 fully saturated rings. The van der Waals surface area contributed by atoms with Crippen LogP contribution in [0.2, 0.25) is 0 Å². The Kier molecular flexibility index (Phi) is 3.22. The maximum atomic E-state index is 8.50. The average Bonchev–Trinajstić information content (AvgIpc) is 2.73. The number of aromatic nitrogens is 2. The van der Waals surface area contributed by atoms with E-state index in [9.17, 15) is 0 Å². The predicted molar refractivity (Wildman–Crippen MR) is 113 cm³/mol. The van der Waals surface area contributed by atoms with E-state index in [1.807, 2.05) is 48.4 Å². The highest BCUT2D eigenvalue weighted by Crippen LogP contribution is 2.31. The van der Waals surface area contributed by atoms with Crippen molar-refractivity contribution in [3.8, 4) is 22.5 Å². The van der Waals surface area contributed by atoms with E-state index in [0.717, 1.165) is 28.1 Å². The maximum Gasteiger partial charge on any atom is 0.212 e. The summed E-state index contributed by atoms with van der Waals surface area (Å²) in [6, 6.07) is 12.6. The number of aryl methyl sites for hydroxylation is 2. The second-order valence-corrected chi connectivity index (χ2v) is 7.05. The van der Waals surface area contributed by atoms with Crippen molar-refractivity contribution in [2.75, 3.05) is 0 Å². The smallest absolute Gasteiger partial charge is 0.201 e. The Bertz CT molecular complexity index is 1160. The van der Waals surface area contributed by atoms with Crippen LogP contribution >= 0.6 is 0 Å². The van der Waals surface area contributed by atoms with Gasteiger partial charge in [-0.05, 0) is 47.5 Å². The van der Waals surface area contributed by atoms with Gasteiger partial charge in [0.05, 0.1) is 0 Å². The van der Waals surface area contributed by atoms with Crippen molar-refractivity contribution in [1.29, 1.82) is 0 Å². The first kappa shape index (κ1) is 11.4. The molecule has 0 amide bonds. The number of hydrogen-bond donors (Lipinski definition) is 0. The van der Waals surface area contributed by atoms with E-state index < -0.39 is 25.5 Å². The van der Waals surface area contributed by atoms with Gasteiger partial charge in [-0.15, -0.1) is 0 Å². The summed E-state index contributed by atoms with van der Waals surface area (Å²) < 4.78 is 67.6. The number of nitrogens with zero attached hydrogens (tertiary/aromatic N) is 2. The van der Waals surface area contributed by atoms with Crippen LogP contribution in [0.15, 0.2) is 54.9 Å². The number of rotatable bonds is 4. The first-order chi connectivity index (χ1) is 15.9. The van der Waals surface area contributed by atoms with E-state index in [0.29, 0.717) is 11.1 Å². The predicted octanol–water partition coefficient (Wildman–Crippen LogP) is 5.22. The average molecular weight is 369 g/mol. The molecule has 2 heterocycles. The highest BCUT2D eigenvalue weighted by atomic mass is 14.9. The molecule has 0 spiro atoms. The van der Waals surface area contributed by atoms with Crippen LogP contribution in [-0.2, 0) is 14.1 Å². The molecule has 2 nitrogen and oxygen atoms in total. The second kappa shape index (κ2) is 7.64. The Morgan fingerprint density at radius 1 is 0.815 bits per heavy atom. The Balaban J connectivity index is 2.21. The van der Waals surface area contributed by atoms with Crippen LogP contribution in [0, 0.1) is 6.92 Å². The topological polar surface area (TPSA) is 7.76 Å². The quantitative estimate of drug-likeness (QED) is 0.558. The molecule has 0 radical (unpaired) electrons. The molecule has 2 atom stereocenters. The van der Waals surface area contributed by atoms with Crippen molar-refractivity contribution in [2.45, 2.75) is 46.3 Å². The summed E-state index contributed by atoms with van der Waals surface area (Å²) in [5, 5.41) is 0. The summed E-state index contributed by atoms with van der Waals surface area (Å²) in [5.74, 6) is -3.54. The minimum Gasteiger partial charge on any atom is -0.201 e. The molecule has 0 bridgehead atoms. The second-order valence-electron chi connectivity index (χ2n) is 7.05. The van der Waals surface area contributed by atoms with Gasteiger partial charge >= 0.3 is 0 Å². The summed E-state index contributed by atoms with van der Waals surface area (Å²) >= 11 is 0. The van der Waals surface area contributed by atoms with E-state index in [4.69, 9.17) is 11.0 Å². The van der Waals surface area contributed by atoms with Gasteiger partial charge < -0.3 is 0 Å². The third kappa shape index (κ3) is 3.80. The van der Waals surface area contributed by atoms with E-state index in [1.54, 1.807) is 36.7 Å². The largest absolute Gasteiger partial charge is 0.212 e. The van der Waals surface area contributed by atoms with Crippen LogP contribution in [0.5, 0.6) is 0 Å². The highest BCUT2D eigenvalue weighted by Gasteiger charge is 2.20. The fourth-order valence-corrected chi connectivity index (χ4v) is 3.33. The van der Waals surface area contributed by atoms with Crippen molar-refractivity contribution in [3.63, 3.8) is 0 Å². The van der Waals surface area contributed by atoms with Crippen molar-refractivity contribution in [3.05, 3.63) is 71.5 Å². The van der Waals surface area contributed by atoms with Gasteiger partial charge in [-0.25, -0.2) is 9.13 Å². The monoisotopic (exact) mass is 368 g/mol. The third-order valence-electron chi connectivity index (χ3n) is 5.05. The van der Waals surface area contributed by atoms with Crippen LogP contribution < -0.4 is 9.13 Å². The van der Waals surface area contributed by atoms with Gasteiger partial charge in [0, 0.05) is 46.4 Å². The lowest BCUT2D eigenvalue weighted by molar-refractivity contribution is -0.660. The van der Waals surface area contributed by atoms with Crippen LogP contribution in [0.25, 0.3) is 22.5 Å². The van der Waals surface area contributed by atoms with Gasteiger partial charge in [0.1, 0.15) is 14.1 Å². The molecule has 2 aromatic heterocycles. The standard InChI is InChI=1S/C25H32N2/c1-17(2)20-11-13-26(6)24(15-20)22-9-8-10-23(19(22)5)25-16-21(18(3)4)12-14-27(25)7/h8-18H,1-7H3/q+2/i1D3,3D3,17D,18D. The minimum atomic E-state index is -2.49. The zero-order valence-corrected chi connectivity index (χ0v) is 16.6. The number of hydrogen-bond acceptors (Lipinski definition) is 0. The Morgan fingerprint density at radius 2 is 1.26 bits per heavy atom. The molecule has 3 aromatic rings. The third-order valence-corrected chi connectivity index (χ3v) is 5.05. The van der Waals surface area contributed by atoms with Gasteiger partial charge in [0.25, 0.3) is 0 Å². The Morgan fingerprint density at radius 3 is 1.67 bits per heavy atom. The zero-order chi connectivity index (χ0) is 26.6. The van der Waals surface area contributed by atoms with Crippen molar-refractivity contribution >= 4 is 0 Å². The maximum absolute atomic E-state index is 8.50. The van der Waals surface area contributed by atoms with Gasteiger partial charge in [-0.2, -0.15) is 0 Å². The lowest BCUT2D eigenvalue weighted by Gasteiger charge is -2.12. The fraction of sp³-hybridized carbons (Fsp3) is 0.360. The molecule has 2 heteroatoms. The molecule has 1 aromatic carbocycles. The zero-order valence-electron chi connectivity index (χ0n) is 24.6. The van der Waals surface area contributed by atoms with Crippen molar-refractivity contribution in [1.82, 2.24) is 0 Å². The summed E-state index contributed by atoms with van der Waals surface area (Å²) in [5.41, 5.74) is 4.95. The van der Waals surface area contributed by atoms with Gasteiger partial charge in [-0.3, -0.25) is 0 Å². The normalized spacial score (nSPS) is 21.1. The first-order valence-electron chi connectivity index (χ1n) is 13.0. The van der Waals surface area contributed by atoms with E-state index in [1.165, 1.54) is 13.8 Å². The lowest BCUT2D eigenvalue weighted by Crippen LogP contribution is -2.32. The minimum absolute atomic E-state index is 0.394. The molecule has 0 saturated heterocycles. The van der Waals surface area contributed by atoms with Gasteiger partial charge in [0.2, 0.25) is 11.4 Å². The number of benzene rings is 1. The Labute approximate surface area is 175 Å². The summed E-state index contributed by atoms with van der Waals surface area (Å²) in [7, 11) is 3.73. The lowest BCUT2D eigenvalue weighted by atomic mass is 9.93. The van der Waals surface area contributed by atoms with E-state index in [-0.39, 0.29) is 0 Å². The van der Waals surface area contributed by atoms with Crippen LogP contribution in [-0.4, -0.2) is 0 Å².